The fourth-order valence-electron chi connectivity index (χ4n) is 4.13. The number of piperazine rings is 1. The maximum atomic E-state index is 13.6. The van der Waals surface area contributed by atoms with Gasteiger partial charge in [-0.25, -0.2) is 9.78 Å². The summed E-state index contributed by atoms with van der Waals surface area (Å²) in [4.78, 5) is 65.1. The molecule has 0 aliphatic carbocycles. The zero-order chi connectivity index (χ0) is 28.0. The summed E-state index contributed by atoms with van der Waals surface area (Å²) < 4.78 is 16.6. The van der Waals surface area contributed by atoms with E-state index in [2.05, 4.69) is 10.3 Å². The van der Waals surface area contributed by atoms with Crippen molar-refractivity contribution in [1.82, 2.24) is 20.1 Å². The number of nitrogens with one attached hydrogen (secondary N) is 1. The number of nitrogens with zero attached hydrogens (tertiary/aromatic N) is 3. The van der Waals surface area contributed by atoms with E-state index in [0.717, 1.165) is 5.56 Å². The van der Waals surface area contributed by atoms with Crippen molar-refractivity contribution in [2.45, 2.75) is 19.4 Å². The van der Waals surface area contributed by atoms with E-state index in [1.807, 2.05) is 30.3 Å². The Morgan fingerprint density at radius 1 is 1.03 bits per heavy atom. The van der Waals surface area contributed by atoms with Gasteiger partial charge in [0.05, 0.1) is 11.9 Å². The lowest BCUT2D eigenvalue weighted by molar-refractivity contribution is -0.134. The number of rotatable bonds is 8. The number of amides is 3. The van der Waals surface area contributed by atoms with Crippen LogP contribution in [-0.4, -0.2) is 81.3 Å². The molecule has 39 heavy (non-hydrogen) atoms. The third-order valence-electron chi connectivity index (χ3n) is 6.19. The van der Waals surface area contributed by atoms with Crippen LogP contribution in [0, 0.1) is 0 Å². The summed E-state index contributed by atoms with van der Waals surface area (Å²) in [6.45, 7) is 3.13. The van der Waals surface area contributed by atoms with E-state index in [1.54, 1.807) is 17.2 Å². The Balaban J connectivity index is 1.50. The van der Waals surface area contributed by atoms with Gasteiger partial charge in [0.1, 0.15) is 16.7 Å². The standard InChI is InChI=1S/C26H29N4O7PS/c1-2-37-26(33)30-14-12-29(13-15-30)25(32)21(16-18-8-10-20(11-9-18)38(34,35)36)27-23(31)22-17-39-24(28-22)19-6-4-3-5-7-19/h3-11,17,21H,2,12-16H2,1H3,(H,27,31)(H2,34,35,36)/t21-/m0/s1. The van der Waals surface area contributed by atoms with Crippen molar-refractivity contribution in [1.29, 1.82) is 0 Å². The number of benzene rings is 2. The molecule has 11 nitrogen and oxygen atoms in total. The first-order valence-corrected chi connectivity index (χ1v) is 14.8. The molecule has 3 amide bonds. The third kappa shape index (κ3) is 7.30. The normalized spacial score (nSPS) is 14.5. The fraction of sp³-hybridized carbons (Fsp3) is 0.308. The van der Waals surface area contributed by atoms with Gasteiger partial charge in [-0.2, -0.15) is 0 Å². The molecule has 1 aliphatic heterocycles. The molecule has 0 unspecified atom stereocenters. The number of carbonyl (C=O) groups is 3. The minimum absolute atomic E-state index is 0.0970. The number of ether oxygens (including phenoxy) is 1. The van der Waals surface area contributed by atoms with Crippen molar-refractivity contribution >= 4 is 42.1 Å². The van der Waals surface area contributed by atoms with Gasteiger partial charge in [-0.15, -0.1) is 11.3 Å². The van der Waals surface area contributed by atoms with Crippen LogP contribution in [-0.2, 0) is 20.5 Å². The molecule has 206 valence electrons. The SMILES string of the molecule is CCOC(=O)N1CCN(C(=O)[C@H](Cc2ccc(P(=O)(O)O)cc2)NC(=O)c2csc(-c3ccccc3)n2)CC1. The molecule has 0 spiro atoms. The molecule has 1 fully saturated rings. The van der Waals surface area contributed by atoms with Gasteiger partial charge in [0.15, 0.2) is 0 Å². The molecule has 3 N–H and O–H groups in total. The van der Waals surface area contributed by atoms with Crippen LogP contribution in [0.25, 0.3) is 10.6 Å². The monoisotopic (exact) mass is 572 g/mol. The van der Waals surface area contributed by atoms with Crippen molar-refractivity contribution in [2.24, 2.45) is 0 Å². The lowest BCUT2D eigenvalue weighted by Crippen LogP contribution is -2.56. The fourth-order valence-corrected chi connectivity index (χ4v) is 5.47. The molecule has 0 saturated carbocycles. The smallest absolute Gasteiger partial charge is 0.409 e. The van der Waals surface area contributed by atoms with Crippen LogP contribution in [0.4, 0.5) is 4.79 Å². The zero-order valence-corrected chi connectivity index (χ0v) is 22.9. The topological polar surface area (TPSA) is 149 Å². The summed E-state index contributed by atoms with van der Waals surface area (Å²) in [7, 11) is -4.41. The van der Waals surface area contributed by atoms with Crippen LogP contribution in [0.2, 0.25) is 0 Å². The molecule has 13 heteroatoms. The molecule has 1 aliphatic rings. The molecule has 0 bridgehead atoms. The number of thiazole rings is 1. The van der Waals surface area contributed by atoms with E-state index in [0.29, 0.717) is 23.7 Å². The molecule has 1 saturated heterocycles. The Labute approximate surface area is 229 Å². The highest BCUT2D eigenvalue weighted by molar-refractivity contribution is 7.60. The van der Waals surface area contributed by atoms with Gasteiger partial charge in [0, 0.05) is 43.5 Å². The maximum absolute atomic E-state index is 13.6. The van der Waals surface area contributed by atoms with Crippen molar-refractivity contribution in [2.75, 3.05) is 32.8 Å². The van der Waals surface area contributed by atoms with Gasteiger partial charge in [-0.3, -0.25) is 14.2 Å². The number of aromatic nitrogens is 1. The van der Waals surface area contributed by atoms with Crippen molar-refractivity contribution in [3.8, 4) is 10.6 Å². The minimum Gasteiger partial charge on any atom is -0.450 e. The van der Waals surface area contributed by atoms with Crippen LogP contribution in [0.1, 0.15) is 23.0 Å². The van der Waals surface area contributed by atoms with Gasteiger partial charge in [-0.05, 0) is 24.6 Å². The van der Waals surface area contributed by atoms with Gasteiger partial charge < -0.3 is 29.6 Å². The van der Waals surface area contributed by atoms with E-state index in [1.165, 1.54) is 40.5 Å². The minimum atomic E-state index is -4.41. The lowest BCUT2D eigenvalue weighted by Gasteiger charge is -2.36. The summed E-state index contributed by atoms with van der Waals surface area (Å²) in [6.07, 6.45) is -0.336. The molecular formula is C26H29N4O7PS. The highest BCUT2D eigenvalue weighted by atomic mass is 32.1. The summed E-state index contributed by atoms with van der Waals surface area (Å²) in [5.74, 6) is -0.840. The molecule has 2 heterocycles. The molecule has 3 aromatic rings. The van der Waals surface area contributed by atoms with Crippen LogP contribution in [0.3, 0.4) is 0 Å². The number of hydrogen-bond acceptors (Lipinski definition) is 7. The van der Waals surface area contributed by atoms with E-state index in [4.69, 9.17) is 4.74 Å². The van der Waals surface area contributed by atoms with Crippen LogP contribution in [0.5, 0.6) is 0 Å². The van der Waals surface area contributed by atoms with Crippen LogP contribution >= 0.6 is 18.9 Å². The van der Waals surface area contributed by atoms with Gasteiger partial charge >= 0.3 is 13.7 Å². The lowest BCUT2D eigenvalue weighted by atomic mass is 10.0. The van der Waals surface area contributed by atoms with E-state index < -0.39 is 25.6 Å². The second-order valence-electron chi connectivity index (χ2n) is 8.86. The van der Waals surface area contributed by atoms with Gasteiger partial charge in [0.25, 0.3) is 5.91 Å². The van der Waals surface area contributed by atoms with Crippen LogP contribution in [0.15, 0.2) is 60.0 Å². The Hall–Kier alpha value is -3.57. The first-order valence-electron chi connectivity index (χ1n) is 12.3. The summed E-state index contributed by atoms with van der Waals surface area (Å²) in [6, 6.07) is 14.1. The van der Waals surface area contributed by atoms with Crippen molar-refractivity contribution in [3.05, 3.63) is 71.2 Å². The second-order valence-corrected chi connectivity index (χ2v) is 11.3. The molecule has 1 aromatic heterocycles. The largest absolute Gasteiger partial charge is 0.450 e. The Morgan fingerprint density at radius 3 is 2.28 bits per heavy atom. The Morgan fingerprint density at radius 2 is 1.67 bits per heavy atom. The molecule has 2 aromatic carbocycles. The highest BCUT2D eigenvalue weighted by Crippen LogP contribution is 2.33. The predicted molar refractivity (Wildman–Crippen MR) is 146 cm³/mol. The highest BCUT2D eigenvalue weighted by Gasteiger charge is 2.31. The third-order valence-corrected chi connectivity index (χ3v) is 8.05. The average molecular weight is 573 g/mol. The average Bonchev–Trinajstić information content (AvgIpc) is 3.44. The summed E-state index contributed by atoms with van der Waals surface area (Å²) >= 11 is 1.32. The zero-order valence-electron chi connectivity index (χ0n) is 21.2. The quantitative estimate of drug-likeness (QED) is 0.348. The number of carbonyl (C=O) groups excluding carboxylic acids is 3. The molecule has 1 atom stereocenters. The van der Waals surface area contributed by atoms with Crippen molar-refractivity contribution in [3.63, 3.8) is 0 Å². The van der Waals surface area contributed by atoms with E-state index >= 15 is 0 Å². The summed E-state index contributed by atoms with van der Waals surface area (Å²) in [5.41, 5.74) is 1.67. The maximum Gasteiger partial charge on any atom is 0.409 e. The molecule has 0 radical (unpaired) electrons. The molecule has 4 rings (SSSR count). The van der Waals surface area contributed by atoms with Crippen molar-refractivity contribution < 1.29 is 33.5 Å². The van der Waals surface area contributed by atoms with Gasteiger partial charge in [-0.1, -0.05) is 42.5 Å². The predicted octanol–water partition coefficient (Wildman–Crippen LogP) is 2.25. The van der Waals surface area contributed by atoms with Crippen LogP contribution < -0.4 is 10.6 Å². The number of hydrogen-bond donors (Lipinski definition) is 3. The van der Waals surface area contributed by atoms with E-state index in [-0.39, 0.29) is 43.0 Å². The van der Waals surface area contributed by atoms with E-state index in [9.17, 15) is 28.7 Å². The Bertz CT molecular complexity index is 1350. The molecular weight excluding hydrogens is 543 g/mol. The first-order chi connectivity index (χ1) is 18.7. The summed E-state index contributed by atoms with van der Waals surface area (Å²) in [5, 5.41) is 4.97. The Kier molecular flexibility index (Phi) is 9.13. The first kappa shape index (κ1) is 28.4. The second kappa shape index (κ2) is 12.5. The van der Waals surface area contributed by atoms with Gasteiger partial charge in [0.2, 0.25) is 5.91 Å².